The lowest BCUT2D eigenvalue weighted by Crippen LogP contribution is -2.02. The third-order valence-electron chi connectivity index (χ3n) is 2.35. The fourth-order valence-corrected chi connectivity index (χ4v) is 1.80. The van der Waals surface area contributed by atoms with Crippen LogP contribution in [0.3, 0.4) is 0 Å². The third-order valence-corrected chi connectivity index (χ3v) is 2.88. The lowest BCUT2D eigenvalue weighted by atomic mass is 10.3. The Balaban J connectivity index is 2.52. The van der Waals surface area contributed by atoms with Crippen molar-refractivity contribution in [3.05, 3.63) is 34.3 Å². The van der Waals surface area contributed by atoms with Crippen molar-refractivity contribution in [2.24, 2.45) is 0 Å². The van der Waals surface area contributed by atoms with Crippen LogP contribution < -0.4 is 10.5 Å². The molecule has 0 fully saturated rings. The van der Waals surface area contributed by atoms with Crippen LogP contribution in [0.2, 0.25) is 0 Å². The van der Waals surface area contributed by atoms with E-state index in [1.165, 1.54) is 4.68 Å². The standard InChI is InChI=1S/C12H11BrN4O/c1-2-18-12-10(7-14)11(15)17(16-12)9-5-3-8(13)4-6-9/h3-6H,2,15H2,1H3. The van der Waals surface area contributed by atoms with Crippen molar-refractivity contribution in [1.82, 2.24) is 9.78 Å². The van der Waals surface area contributed by atoms with E-state index in [9.17, 15) is 0 Å². The summed E-state index contributed by atoms with van der Waals surface area (Å²) in [5, 5.41) is 13.3. The maximum atomic E-state index is 9.06. The highest BCUT2D eigenvalue weighted by Crippen LogP contribution is 2.26. The fraction of sp³-hybridized carbons (Fsp3) is 0.167. The maximum absolute atomic E-state index is 9.06. The predicted molar refractivity (Wildman–Crippen MR) is 71.6 cm³/mol. The van der Waals surface area contributed by atoms with Crippen LogP contribution in [-0.2, 0) is 0 Å². The first-order chi connectivity index (χ1) is 8.67. The summed E-state index contributed by atoms with van der Waals surface area (Å²) in [6, 6.07) is 9.47. The molecule has 0 spiro atoms. The Hall–Kier alpha value is -2.00. The van der Waals surface area contributed by atoms with Gasteiger partial charge >= 0.3 is 0 Å². The minimum atomic E-state index is 0.264. The molecule has 6 heteroatoms. The van der Waals surface area contributed by atoms with Gasteiger partial charge in [-0.3, -0.25) is 0 Å². The number of nitrogens with zero attached hydrogens (tertiary/aromatic N) is 3. The van der Waals surface area contributed by atoms with Crippen LogP contribution in [-0.4, -0.2) is 16.4 Å². The molecule has 0 saturated carbocycles. The van der Waals surface area contributed by atoms with Gasteiger partial charge in [-0.25, -0.2) is 4.68 Å². The average molecular weight is 307 g/mol. The maximum Gasteiger partial charge on any atom is 0.253 e. The fourth-order valence-electron chi connectivity index (χ4n) is 1.53. The Labute approximate surface area is 113 Å². The summed E-state index contributed by atoms with van der Waals surface area (Å²) in [6.07, 6.45) is 0. The van der Waals surface area contributed by atoms with Gasteiger partial charge in [-0.15, -0.1) is 5.10 Å². The molecule has 0 aliphatic heterocycles. The van der Waals surface area contributed by atoms with Gasteiger partial charge in [0.2, 0.25) is 0 Å². The minimum Gasteiger partial charge on any atom is -0.476 e. The predicted octanol–water partition coefficient (Wildman–Crippen LogP) is 2.49. The van der Waals surface area contributed by atoms with E-state index in [2.05, 4.69) is 21.0 Å². The summed E-state index contributed by atoms with van der Waals surface area (Å²) < 4.78 is 7.75. The first kappa shape index (κ1) is 12.5. The molecule has 2 N–H and O–H groups in total. The zero-order valence-electron chi connectivity index (χ0n) is 9.72. The Kier molecular flexibility index (Phi) is 3.53. The van der Waals surface area contributed by atoms with E-state index in [-0.39, 0.29) is 17.3 Å². The first-order valence-electron chi connectivity index (χ1n) is 5.34. The van der Waals surface area contributed by atoms with Crippen molar-refractivity contribution in [2.45, 2.75) is 6.92 Å². The Morgan fingerprint density at radius 3 is 2.67 bits per heavy atom. The van der Waals surface area contributed by atoms with Crippen molar-refractivity contribution in [1.29, 1.82) is 5.26 Å². The summed E-state index contributed by atoms with van der Waals surface area (Å²) in [6.45, 7) is 2.27. The van der Waals surface area contributed by atoms with Gasteiger partial charge in [0.05, 0.1) is 12.3 Å². The second-order valence-electron chi connectivity index (χ2n) is 3.50. The van der Waals surface area contributed by atoms with E-state index >= 15 is 0 Å². The van der Waals surface area contributed by atoms with E-state index in [0.717, 1.165) is 10.2 Å². The molecule has 1 heterocycles. The first-order valence-corrected chi connectivity index (χ1v) is 6.14. The van der Waals surface area contributed by atoms with Crippen molar-refractivity contribution in [3.8, 4) is 17.6 Å². The normalized spacial score (nSPS) is 10.1. The van der Waals surface area contributed by atoms with Crippen molar-refractivity contribution < 1.29 is 4.74 Å². The van der Waals surface area contributed by atoms with Crippen LogP contribution in [0.4, 0.5) is 5.82 Å². The molecule has 18 heavy (non-hydrogen) atoms. The van der Waals surface area contributed by atoms with E-state index in [1.54, 1.807) is 0 Å². The van der Waals surface area contributed by atoms with E-state index in [1.807, 2.05) is 37.3 Å². The molecule has 0 atom stereocenters. The van der Waals surface area contributed by atoms with Crippen LogP contribution in [0.5, 0.6) is 5.88 Å². The molecule has 0 unspecified atom stereocenters. The Morgan fingerprint density at radius 1 is 1.44 bits per heavy atom. The van der Waals surface area contributed by atoms with Gasteiger partial charge in [0.1, 0.15) is 11.9 Å². The van der Waals surface area contributed by atoms with E-state index < -0.39 is 0 Å². The second-order valence-corrected chi connectivity index (χ2v) is 4.41. The molecule has 92 valence electrons. The van der Waals surface area contributed by atoms with Gasteiger partial charge in [-0.2, -0.15) is 5.26 Å². The summed E-state index contributed by atoms with van der Waals surface area (Å²) in [5.74, 6) is 0.545. The Morgan fingerprint density at radius 2 is 2.11 bits per heavy atom. The molecule has 0 aliphatic carbocycles. The van der Waals surface area contributed by atoms with Gasteiger partial charge in [0.25, 0.3) is 5.88 Å². The van der Waals surface area contributed by atoms with Gasteiger partial charge in [0.15, 0.2) is 5.56 Å². The largest absolute Gasteiger partial charge is 0.476 e. The van der Waals surface area contributed by atoms with Gasteiger partial charge in [-0.1, -0.05) is 15.9 Å². The highest BCUT2D eigenvalue weighted by atomic mass is 79.9. The number of halogens is 1. The molecule has 2 aromatic rings. The number of nitrogen functional groups attached to an aromatic ring is 1. The molecule has 2 rings (SSSR count). The molecule has 1 aromatic carbocycles. The monoisotopic (exact) mass is 306 g/mol. The van der Waals surface area contributed by atoms with Crippen molar-refractivity contribution in [2.75, 3.05) is 12.3 Å². The number of anilines is 1. The van der Waals surface area contributed by atoms with Crippen LogP contribution in [0.25, 0.3) is 5.69 Å². The topological polar surface area (TPSA) is 76.9 Å². The highest BCUT2D eigenvalue weighted by molar-refractivity contribution is 9.10. The third kappa shape index (κ3) is 2.17. The number of nitriles is 1. The number of hydrogen-bond donors (Lipinski definition) is 1. The molecular formula is C12H11BrN4O. The quantitative estimate of drug-likeness (QED) is 0.945. The molecule has 0 aliphatic rings. The summed E-state index contributed by atoms with van der Waals surface area (Å²) in [4.78, 5) is 0. The average Bonchev–Trinajstić information content (AvgIpc) is 2.67. The lowest BCUT2D eigenvalue weighted by Gasteiger charge is -2.03. The number of hydrogen-bond acceptors (Lipinski definition) is 4. The molecule has 0 saturated heterocycles. The number of aromatic nitrogens is 2. The zero-order valence-corrected chi connectivity index (χ0v) is 11.3. The minimum absolute atomic E-state index is 0.264. The van der Waals surface area contributed by atoms with Gasteiger partial charge in [0, 0.05) is 4.47 Å². The molecule has 1 aromatic heterocycles. The van der Waals surface area contributed by atoms with Crippen LogP contribution in [0.15, 0.2) is 28.7 Å². The van der Waals surface area contributed by atoms with Crippen LogP contribution in [0.1, 0.15) is 12.5 Å². The smallest absolute Gasteiger partial charge is 0.253 e. The second kappa shape index (κ2) is 5.10. The lowest BCUT2D eigenvalue weighted by molar-refractivity contribution is 0.323. The van der Waals surface area contributed by atoms with Crippen molar-refractivity contribution >= 4 is 21.7 Å². The SMILES string of the molecule is CCOc1nn(-c2ccc(Br)cc2)c(N)c1C#N. The summed E-state index contributed by atoms with van der Waals surface area (Å²) in [7, 11) is 0. The number of ether oxygens (including phenoxy) is 1. The molecule has 0 bridgehead atoms. The molecule has 0 amide bonds. The molecule has 0 radical (unpaired) electrons. The summed E-state index contributed by atoms with van der Waals surface area (Å²) >= 11 is 3.36. The number of nitrogens with two attached hydrogens (primary N) is 1. The Bertz CT molecular complexity index is 598. The van der Waals surface area contributed by atoms with Gasteiger partial charge < -0.3 is 10.5 Å². The van der Waals surface area contributed by atoms with Crippen LogP contribution in [0, 0.1) is 11.3 Å². The number of benzene rings is 1. The zero-order chi connectivity index (χ0) is 13.1. The molecule has 5 nitrogen and oxygen atoms in total. The number of rotatable bonds is 3. The van der Waals surface area contributed by atoms with Gasteiger partial charge in [-0.05, 0) is 31.2 Å². The summed E-state index contributed by atoms with van der Waals surface area (Å²) in [5.41, 5.74) is 6.94. The highest BCUT2D eigenvalue weighted by Gasteiger charge is 2.17. The van der Waals surface area contributed by atoms with E-state index in [0.29, 0.717) is 6.61 Å². The van der Waals surface area contributed by atoms with Crippen LogP contribution >= 0.6 is 15.9 Å². The molecular weight excluding hydrogens is 296 g/mol. The van der Waals surface area contributed by atoms with E-state index in [4.69, 9.17) is 15.7 Å². The van der Waals surface area contributed by atoms with Crippen molar-refractivity contribution in [3.63, 3.8) is 0 Å².